The first-order chi connectivity index (χ1) is 19.0. The van der Waals surface area contributed by atoms with Crippen LogP contribution in [0.4, 0.5) is 10.2 Å². The molecule has 1 amide bonds. The van der Waals surface area contributed by atoms with Gasteiger partial charge in [-0.15, -0.1) is 0 Å². The topological polar surface area (TPSA) is 98.3 Å². The van der Waals surface area contributed by atoms with E-state index in [9.17, 15) is 9.18 Å². The zero-order chi connectivity index (χ0) is 26.9. The largest absolute Gasteiger partial charge is 0.457 e. The summed E-state index contributed by atoms with van der Waals surface area (Å²) in [4.78, 5) is 23.7. The fraction of sp³-hybridized carbons (Fsp3) is 0.300. The van der Waals surface area contributed by atoms with Crippen LogP contribution in [0.3, 0.4) is 0 Å². The van der Waals surface area contributed by atoms with Crippen molar-refractivity contribution < 1.29 is 13.9 Å². The predicted molar refractivity (Wildman–Crippen MR) is 149 cm³/mol. The molecule has 3 N–H and O–H groups in total. The van der Waals surface area contributed by atoms with Gasteiger partial charge in [0.05, 0.1) is 11.4 Å². The summed E-state index contributed by atoms with van der Waals surface area (Å²) in [5, 5.41) is 3.87. The standard InChI is InChI=1S/C30H31FN6O2/c1-33-14-3-6-25(38)36-15-13-22(17-36)37-28(20-7-8-20)26(27-29(32)34-18-35-30(27)37)19-9-11-23(12-10-19)39-24-5-2-4-21(31)16-24/h2-6,9-12,16,18,20,22,33H,7-8,13-15,17H2,1H3,(H2,32,34,35). The maximum absolute atomic E-state index is 13.6. The molecule has 1 atom stereocenters. The van der Waals surface area contributed by atoms with E-state index in [2.05, 4.69) is 14.9 Å². The molecule has 1 saturated heterocycles. The minimum atomic E-state index is -0.345. The van der Waals surface area contributed by atoms with E-state index in [4.69, 9.17) is 15.5 Å². The van der Waals surface area contributed by atoms with Gasteiger partial charge in [0.25, 0.3) is 0 Å². The lowest BCUT2D eigenvalue weighted by atomic mass is 10.0. The second-order valence-corrected chi connectivity index (χ2v) is 10.1. The number of nitrogens with one attached hydrogen (secondary N) is 1. The zero-order valence-electron chi connectivity index (χ0n) is 21.8. The number of carbonyl (C=O) groups is 1. The lowest BCUT2D eigenvalue weighted by molar-refractivity contribution is -0.125. The van der Waals surface area contributed by atoms with Crippen LogP contribution in [0.2, 0.25) is 0 Å². The zero-order valence-corrected chi connectivity index (χ0v) is 21.8. The third-order valence-electron chi connectivity index (χ3n) is 7.41. The number of nitrogens with two attached hydrogens (primary N) is 1. The number of ether oxygens (including phenoxy) is 1. The van der Waals surface area contributed by atoms with Gasteiger partial charge in [0, 0.05) is 43.0 Å². The monoisotopic (exact) mass is 526 g/mol. The van der Waals surface area contributed by atoms with E-state index in [0.29, 0.717) is 42.9 Å². The van der Waals surface area contributed by atoms with E-state index < -0.39 is 0 Å². The number of likely N-dealkylation sites (tertiary alicyclic amines) is 1. The van der Waals surface area contributed by atoms with Gasteiger partial charge in [0.1, 0.15) is 35.1 Å². The molecular formula is C30H31FN6O2. The first kappa shape index (κ1) is 25.1. The molecule has 2 aliphatic rings. The molecule has 4 aromatic rings. The van der Waals surface area contributed by atoms with Crippen molar-refractivity contribution >= 4 is 22.8 Å². The van der Waals surface area contributed by atoms with Crippen LogP contribution in [0.15, 0.2) is 67.0 Å². The van der Waals surface area contributed by atoms with Crippen molar-refractivity contribution in [1.29, 1.82) is 0 Å². The molecular weight excluding hydrogens is 495 g/mol. The summed E-state index contributed by atoms with van der Waals surface area (Å²) in [6, 6.07) is 14.0. The Labute approximate surface area is 226 Å². The fourth-order valence-corrected chi connectivity index (χ4v) is 5.49. The molecule has 200 valence electrons. The number of nitrogens with zero attached hydrogens (tertiary/aromatic N) is 4. The number of hydrogen-bond acceptors (Lipinski definition) is 6. The van der Waals surface area contributed by atoms with Crippen LogP contribution in [0.1, 0.15) is 36.9 Å². The number of benzene rings is 2. The van der Waals surface area contributed by atoms with Crippen LogP contribution < -0.4 is 15.8 Å². The average molecular weight is 527 g/mol. The number of amides is 1. The number of rotatable bonds is 8. The van der Waals surface area contributed by atoms with Gasteiger partial charge in [-0.1, -0.05) is 24.3 Å². The number of carbonyl (C=O) groups excluding carboxylic acids is 1. The summed E-state index contributed by atoms with van der Waals surface area (Å²) in [5.41, 5.74) is 10.5. The van der Waals surface area contributed by atoms with E-state index in [-0.39, 0.29) is 17.8 Å². The summed E-state index contributed by atoms with van der Waals surface area (Å²) in [6.45, 7) is 1.97. The highest BCUT2D eigenvalue weighted by atomic mass is 19.1. The molecule has 1 saturated carbocycles. The Bertz CT molecular complexity index is 1540. The third kappa shape index (κ3) is 4.97. The summed E-state index contributed by atoms with van der Waals surface area (Å²) in [5.74, 6) is 1.58. The second-order valence-electron chi connectivity index (χ2n) is 10.1. The minimum Gasteiger partial charge on any atom is -0.457 e. The quantitative estimate of drug-likeness (QED) is 0.312. The summed E-state index contributed by atoms with van der Waals surface area (Å²) in [6.07, 6.45) is 8.05. The molecule has 1 aliphatic heterocycles. The van der Waals surface area contributed by atoms with Gasteiger partial charge in [-0.25, -0.2) is 14.4 Å². The van der Waals surface area contributed by atoms with E-state index in [1.807, 2.05) is 42.3 Å². The Morgan fingerprint density at radius 1 is 1.15 bits per heavy atom. The number of aromatic nitrogens is 3. The first-order valence-electron chi connectivity index (χ1n) is 13.3. The number of hydrogen-bond donors (Lipinski definition) is 2. The molecule has 9 heteroatoms. The molecule has 39 heavy (non-hydrogen) atoms. The maximum Gasteiger partial charge on any atom is 0.246 e. The second kappa shape index (κ2) is 10.5. The summed E-state index contributed by atoms with van der Waals surface area (Å²) < 4.78 is 21.8. The lowest BCUT2D eigenvalue weighted by Gasteiger charge is -2.19. The van der Waals surface area contributed by atoms with Crippen molar-refractivity contribution in [3.05, 3.63) is 78.5 Å². The fourth-order valence-electron chi connectivity index (χ4n) is 5.49. The SMILES string of the molecule is CNCC=CC(=O)N1CCC(n2c(C3CC3)c(-c3ccc(Oc4cccc(F)c4)cc3)c3c(N)ncnc32)C1. The number of likely N-dealkylation sites (N-methyl/N-ethyl adjacent to an activating group) is 1. The number of anilines is 1. The van der Waals surface area contributed by atoms with Crippen molar-refractivity contribution in [2.75, 3.05) is 32.4 Å². The molecule has 2 aromatic heterocycles. The van der Waals surface area contributed by atoms with E-state index >= 15 is 0 Å². The van der Waals surface area contributed by atoms with E-state index in [1.165, 1.54) is 24.2 Å². The predicted octanol–water partition coefficient (Wildman–Crippen LogP) is 5.04. The molecule has 6 rings (SSSR count). The molecule has 0 radical (unpaired) electrons. The van der Waals surface area contributed by atoms with Crippen LogP contribution in [0.5, 0.6) is 11.5 Å². The maximum atomic E-state index is 13.6. The highest BCUT2D eigenvalue weighted by Gasteiger charge is 2.38. The van der Waals surface area contributed by atoms with Gasteiger partial charge in [-0.05, 0) is 62.1 Å². The van der Waals surface area contributed by atoms with Crippen molar-refractivity contribution in [2.24, 2.45) is 0 Å². The summed E-state index contributed by atoms with van der Waals surface area (Å²) in [7, 11) is 1.85. The minimum absolute atomic E-state index is 0.0282. The molecule has 1 unspecified atom stereocenters. The molecule has 0 spiro atoms. The number of halogens is 1. The third-order valence-corrected chi connectivity index (χ3v) is 7.41. The Balaban J connectivity index is 1.37. The van der Waals surface area contributed by atoms with Crippen LogP contribution in [0, 0.1) is 5.82 Å². The Hall–Kier alpha value is -4.24. The van der Waals surface area contributed by atoms with E-state index in [0.717, 1.165) is 41.4 Å². The van der Waals surface area contributed by atoms with Gasteiger partial charge in [-0.3, -0.25) is 4.79 Å². The van der Waals surface area contributed by atoms with Crippen LogP contribution in [0.25, 0.3) is 22.2 Å². The molecule has 0 bridgehead atoms. The number of nitrogen functional groups attached to an aromatic ring is 1. The van der Waals surface area contributed by atoms with Crippen molar-refractivity contribution in [3.63, 3.8) is 0 Å². The molecule has 8 nitrogen and oxygen atoms in total. The number of fused-ring (bicyclic) bond motifs is 1. The Morgan fingerprint density at radius 3 is 2.72 bits per heavy atom. The smallest absolute Gasteiger partial charge is 0.246 e. The van der Waals surface area contributed by atoms with Crippen LogP contribution >= 0.6 is 0 Å². The van der Waals surface area contributed by atoms with Crippen molar-refractivity contribution in [2.45, 2.75) is 31.2 Å². The Morgan fingerprint density at radius 2 is 1.97 bits per heavy atom. The normalized spacial score (nSPS) is 17.4. The van der Waals surface area contributed by atoms with Gasteiger partial charge in [0.2, 0.25) is 5.91 Å². The molecule has 2 aromatic carbocycles. The van der Waals surface area contributed by atoms with Gasteiger partial charge >= 0.3 is 0 Å². The highest BCUT2D eigenvalue weighted by Crippen LogP contribution is 2.51. The van der Waals surface area contributed by atoms with Gasteiger partial charge in [-0.2, -0.15) is 0 Å². The summed E-state index contributed by atoms with van der Waals surface area (Å²) >= 11 is 0. The van der Waals surface area contributed by atoms with E-state index in [1.54, 1.807) is 18.2 Å². The first-order valence-corrected chi connectivity index (χ1v) is 13.3. The average Bonchev–Trinajstić information content (AvgIpc) is 3.54. The Kier molecular flexibility index (Phi) is 6.74. The van der Waals surface area contributed by atoms with Gasteiger partial charge in [0.15, 0.2) is 0 Å². The van der Waals surface area contributed by atoms with Crippen LogP contribution in [-0.4, -0.2) is 52.0 Å². The lowest BCUT2D eigenvalue weighted by Crippen LogP contribution is -2.28. The van der Waals surface area contributed by atoms with Crippen LogP contribution in [-0.2, 0) is 4.79 Å². The highest BCUT2D eigenvalue weighted by molar-refractivity contribution is 6.03. The van der Waals surface area contributed by atoms with Crippen molar-refractivity contribution in [1.82, 2.24) is 24.8 Å². The van der Waals surface area contributed by atoms with Gasteiger partial charge < -0.3 is 25.3 Å². The molecule has 2 fully saturated rings. The van der Waals surface area contributed by atoms with Crippen molar-refractivity contribution in [3.8, 4) is 22.6 Å². The molecule has 1 aliphatic carbocycles. The molecule has 3 heterocycles.